The van der Waals surface area contributed by atoms with Crippen LogP contribution in [-0.4, -0.2) is 0 Å². The standard InChI is InChI=1S/C17H13F2NO/c18-12-7-13(19)9-14(8-12)21-17-6-5-11(10-20)15-3-1-2-4-16(15)17/h1-9H,10,20H2. The summed E-state index contributed by atoms with van der Waals surface area (Å²) in [7, 11) is 0. The molecule has 4 heteroatoms. The van der Waals surface area contributed by atoms with Gasteiger partial charge in [0.25, 0.3) is 0 Å². The molecule has 21 heavy (non-hydrogen) atoms. The van der Waals surface area contributed by atoms with E-state index in [1.165, 1.54) is 0 Å². The Morgan fingerprint density at radius 2 is 1.52 bits per heavy atom. The molecular weight excluding hydrogens is 272 g/mol. The minimum absolute atomic E-state index is 0.123. The third-order valence-corrected chi connectivity index (χ3v) is 3.26. The summed E-state index contributed by atoms with van der Waals surface area (Å²) in [5.41, 5.74) is 6.71. The monoisotopic (exact) mass is 285 g/mol. The highest BCUT2D eigenvalue weighted by Crippen LogP contribution is 2.32. The average Bonchev–Trinajstić information content (AvgIpc) is 2.46. The second-order valence-corrected chi connectivity index (χ2v) is 4.68. The van der Waals surface area contributed by atoms with E-state index in [1.54, 1.807) is 6.07 Å². The minimum atomic E-state index is -0.673. The summed E-state index contributed by atoms with van der Waals surface area (Å²) in [5.74, 6) is -0.688. The lowest BCUT2D eigenvalue weighted by molar-refractivity contribution is 0.473. The molecule has 0 unspecified atom stereocenters. The van der Waals surface area contributed by atoms with E-state index in [0.717, 1.165) is 34.5 Å². The normalized spacial score (nSPS) is 10.8. The van der Waals surface area contributed by atoms with Crippen molar-refractivity contribution in [3.63, 3.8) is 0 Å². The highest BCUT2D eigenvalue weighted by molar-refractivity contribution is 5.91. The molecule has 0 aliphatic carbocycles. The van der Waals surface area contributed by atoms with E-state index in [0.29, 0.717) is 12.3 Å². The quantitative estimate of drug-likeness (QED) is 0.775. The van der Waals surface area contributed by atoms with Gasteiger partial charge < -0.3 is 10.5 Å². The van der Waals surface area contributed by atoms with Gasteiger partial charge in [-0.15, -0.1) is 0 Å². The van der Waals surface area contributed by atoms with Crippen molar-refractivity contribution in [3.05, 3.63) is 71.8 Å². The van der Waals surface area contributed by atoms with Crippen molar-refractivity contribution < 1.29 is 13.5 Å². The molecule has 106 valence electrons. The Labute approximate surface area is 120 Å². The molecule has 3 aromatic rings. The number of fused-ring (bicyclic) bond motifs is 1. The summed E-state index contributed by atoms with van der Waals surface area (Å²) < 4.78 is 32.1. The molecule has 0 amide bonds. The van der Waals surface area contributed by atoms with E-state index in [2.05, 4.69) is 0 Å². The van der Waals surface area contributed by atoms with Gasteiger partial charge in [0.05, 0.1) is 0 Å². The summed E-state index contributed by atoms with van der Waals surface area (Å²) in [6, 6.07) is 14.3. The van der Waals surface area contributed by atoms with E-state index in [4.69, 9.17) is 10.5 Å². The molecule has 0 aliphatic rings. The highest BCUT2D eigenvalue weighted by atomic mass is 19.1. The van der Waals surface area contributed by atoms with Crippen LogP contribution in [0.2, 0.25) is 0 Å². The molecule has 0 bridgehead atoms. The number of nitrogens with two attached hydrogens (primary N) is 1. The predicted octanol–water partition coefficient (Wildman–Crippen LogP) is 4.37. The molecule has 0 heterocycles. The fourth-order valence-electron chi connectivity index (χ4n) is 2.32. The molecule has 0 radical (unpaired) electrons. The molecule has 3 rings (SSSR count). The zero-order chi connectivity index (χ0) is 14.8. The Bertz CT molecular complexity index is 782. The van der Waals surface area contributed by atoms with E-state index < -0.39 is 11.6 Å². The van der Waals surface area contributed by atoms with E-state index in [1.807, 2.05) is 30.3 Å². The van der Waals surface area contributed by atoms with Crippen molar-refractivity contribution in [1.29, 1.82) is 0 Å². The Hall–Kier alpha value is -2.46. The van der Waals surface area contributed by atoms with E-state index in [9.17, 15) is 8.78 Å². The van der Waals surface area contributed by atoms with Crippen LogP contribution in [0.15, 0.2) is 54.6 Å². The van der Waals surface area contributed by atoms with Crippen LogP contribution in [-0.2, 0) is 6.54 Å². The first-order valence-electron chi connectivity index (χ1n) is 6.52. The zero-order valence-electron chi connectivity index (χ0n) is 11.1. The summed E-state index contributed by atoms with van der Waals surface area (Å²) in [4.78, 5) is 0. The second-order valence-electron chi connectivity index (χ2n) is 4.68. The van der Waals surface area contributed by atoms with Gasteiger partial charge in [0, 0.05) is 30.1 Å². The number of hydrogen-bond donors (Lipinski definition) is 1. The molecule has 0 atom stereocenters. The van der Waals surface area contributed by atoms with Crippen LogP contribution >= 0.6 is 0 Å². The lowest BCUT2D eigenvalue weighted by atomic mass is 10.0. The van der Waals surface area contributed by atoms with Crippen LogP contribution in [0, 0.1) is 11.6 Å². The summed E-state index contributed by atoms with van der Waals surface area (Å²) in [6.45, 7) is 0.412. The van der Waals surface area contributed by atoms with Crippen molar-refractivity contribution >= 4 is 10.8 Å². The molecule has 0 saturated heterocycles. The van der Waals surface area contributed by atoms with Gasteiger partial charge in [-0.2, -0.15) is 0 Å². The number of benzene rings is 3. The highest BCUT2D eigenvalue weighted by Gasteiger charge is 2.08. The maximum absolute atomic E-state index is 13.2. The predicted molar refractivity (Wildman–Crippen MR) is 78.3 cm³/mol. The maximum Gasteiger partial charge on any atom is 0.135 e. The van der Waals surface area contributed by atoms with Gasteiger partial charge in [0.2, 0.25) is 0 Å². The van der Waals surface area contributed by atoms with Crippen molar-refractivity contribution in [3.8, 4) is 11.5 Å². The number of ether oxygens (including phenoxy) is 1. The molecule has 2 nitrogen and oxygen atoms in total. The maximum atomic E-state index is 13.2. The summed E-state index contributed by atoms with van der Waals surface area (Å²) in [6.07, 6.45) is 0. The first-order valence-corrected chi connectivity index (χ1v) is 6.52. The largest absolute Gasteiger partial charge is 0.457 e. The van der Waals surface area contributed by atoms with Crippen LogP contribution in [0.1, 0.15) is 5.56 Å². The van der Waals surface area contributed by atoms with Gasteiger partial charge in [-0.1, -0.05) is 30.3 Å². The Morgan fingerprint density at radius 3 is 2.19 bits per heavy atom. The second kappa shape index (κ2) is 5.50. The summed E-state index contributed by atoms with van der Waals surface area (Å²) in [5, 5.41) is 1.82. The smallest absolute Gasteiger partial charge is 0.135 e. The lowest BCUT2D eigenvalue weighted by Crippen LogP contribution is -1.98. The minimum Gasteiger partial charge on any atom is -0.457 e. The van der Waals surface area contributed by atoms with Gasteiger partial charge in [-0.05, 0) is 17.0 Å². The first kappa shape index (κ1) is 13.5. The SMILES string of the molecule is NCc1ccc(Oc2cc(F)cc(F)c2)c2ccccc12. The van der Waals surface area contributed by atoms with Gasteiger partial charge >= 0.3 is 0 Å². The molecule has 2 N–H and O–H groups in total. The van der Waals surface area contributed by atoms with Crippen LogP contribution in [0.4, 0.5) is 8.78 Å². The Balaban J connectivity index is 2.09. The van der Waals surface area contributed by atoms with Gasteiger partial charge in [-0.25, -0.2) is 8.78 Å². The molecule has 0 saturated carbocycles. The van der Waals surface area contributed by atoms with Crippen molar-refractivity contribution in [2.75, 3.05) is 0 Å². The third-order valence-electron chi connectivity index (χ3n) is 3.26. The Morgan fingerprint density at radius 1 is 0.857 bits per heavy atom. The average molecular weight is 285 g/mol. The van der Waals surface area contributed by atoms with Crippen molar-refractivity contribution in [2.45, 2.75) is 6.54 Å². The molecule has 0 fully saturated rings. The van der Waals surface area contributed by atoms with Crippen LogP contribution in [0.3, 0.4) is 0 Å². The summed E-state index contributed by atoms with van der Waals surface area (Å²) >= 11 is 0. The fraction of sp³-hybridized carbons (Fsp3) is 0.0588. The number of rotatable bonds is 3. The van der Waals surface area contributed by atoms with Gasteiger partial charge in [0.1, 0.15) is 23.1 Å². The molecule has 0 spiro atoms. The van der Waals surface area contributed by atoms with Gasteiger partial charge in [-0.3, -0.25) is 0 Å². The van der Waals surface area contributed by atoms with Crippen LogP contribution in [0.5, 0.6) is 11.5 Å². The molecular formula is C17H13F2NO. The first-order chi connectivity index (χ1) is 10.2. The zero-order valence-corrected chi connectivity index (χ0v) is 11.1. The van der Waals surface area contributed by atoms with E-state index >= 15 is 0 Å². The van der Waals surface area contributed by atoms with Crippen molar-refractivity contribution in [1.82, 2.24) is 0 Å². The number of halogens is 2. The Kier molecular flexibility index (Phi) is 3.54. The molecule has 0 aromatic heterocycles. The van der Waals surface area contributed by atoms with Crippen molar-refractivity contribution in [2.24, 2.45) is 5.73 Å². The third kappa shape index (κ3) is 2.71. The molecule has 0 aliphatic heterocycles. The fourth-order valence-corrected chi connectivity index (χ4v) is 2.32. The number of hydrogen-bond acceptors (Lipinski definition) is 2. The topological polar surface area (TPSA) is 35.2 Å². The van der Waals surface area contributed by atoms with E-state index in [-0.39, 0.29) is 5.75 Å². The lowest BCUT2D eigenvalue weighted by Gasteiger charge is -2.11. The molecule has 3 aromatic carbocycles. The van der Waals surface area contributed by atoms with Crippen LogP contribution in [0.25, 0.3) is 10.8 Å². The van der Waals surface area contributed by atoms with Crippen LogP contribution < -0.4 is 10.5 Å². The van der Waals surface area contributed by atoms with Gasteiger partial charge in [0.15, 0.2) is 0 Å².